The summed E-state index contributed by atoms with van der Waals surface area (Å²) in [5.41, 5.74) is 0.106. The molecule has 3 fully saturated rings. The highest BCUT2D eigenvalue weighted by Crippen LogP contribution is 2.49. The summed E-state index contributed by atoms with van der Waals surface area (Å²) in [6, 6.07) is 12.2. The molecule has 0 spiro atoms. The van der Waals surface area contributed by atoms with Gasteiger partial charge in [-0.15, -0.1) is 0 Å². The molecule has 0 aromatic heterocycles. The van der Waals surface area contributed by atoms with Crippen LogP contribution in [0.2, 0.25) is 5.02 Å². The van der Waals surface area contributed by atoms with Gasteiger partial charge in [-0.2, -0.15) is 0 Å². The summed E-state index contributed by atoms with van der Waals surface area (Å²) in [7, 11) is 0. The van der Waals surface area contributed by atoms with Gasteiger partial charge in [0.15, 0.2) is 0 Å². The van der Waals surface area contributed by atoms with Gasteiger partial charge in [0.1, 0.15) is 17.2 Å². The van der Waals surface area contributed by atoms with Gasteiger partial charge >= 0.3 is 6.09 Å². The molecule has 0 aliphatic heterocycles. The molecule has 2 aromatic carbocycles. The van der Waals surface area contributed by atoms with Crippen LogP contribution in [0.1, 0.15) is 58.4 Å². The van der Waals surface area contributed by atoms with Crippen molar-refractivity contribution in [3.05, 3.63) is 58.9 Å². The van der Waals surface area contributed by atoms with E-state index in [1.807, 2.05) is 26.8 Å². The van der Waals surface area contributed by atoms with Crippen LogP contribution < -0.4 is 5.32 Å². The third-order valence-corrected chi connectivity index (χ3v) is 7.31. The number of rotatable bonds is 5. The molecule has 3 saturated carbocycles. The Morgan fingerprint density at radius 1 is 1.09 bits per heavy atom. The van der Waals surface area contributed by atoms with Gasteiger partial charge in [-0.3, -0.25) is 4.79 Å². The highest BCUT2D eigenvalue weighted by Gasteiger charge is 2.51. The number of nitrogens with one attached hydrogen (secondary N) is 1. The first-order valence-electron chi connectivity index (χ1n) is 11.6. The topological polar surface area (TPSA) is 55.4 Å². The molecule has 5 rings (SSSR count). The summed E-state index contributed by atoms with van der Waals surface area (Å²) in [6.07, 6.45) is 3.67. The van der Waals surface area contributed by atoms with Crippen LogP contribution in [-0.4, -0.2) is 23.0 Å². The number of carbonyl (C=O) groups excluding carboxylic acids is 2. The number of amides is 1. The van der Waals surface area contributed by atoms with Crippen molar-refractivity contribution in [1.82, 2.24) is 5.32 Å². The summed E-state index contributed by atoms with van der Waals surface area (Å²) in [5.74, 6) is -0.332. The lowest BCUT2D eigenvalue weighted by Crippen LogP contribution is -2.62. The van der Waals surface area contributed by atoms with Crippen LogP contribution in [0.3, 0.4) is 0 Å². The van der Waals surface area contributed by atoms with E-state index < -0.39 is 23.1 Å². The van der Waals surface area contributed by atoms with Crippen molar-refractivity contribution in [3.63, 3.8) is 0 Å². The Labute approximate surface area is 199 Å². The van der Waals surface area contributed by atoms with E-state index in [0.717, 1.165) is 32.1 Å². The largest absolute Gasteiger partial charge is 0.444 e. The van der Waals surface area contributed by atoms with Gasteiger partial charge in [0.05, 0.1) is 5.54 Å². The molecule has 1 atom stereocenters. The maximum atomic E-state index is 15.4. The van der Waals surface area contributed by atoms with E-state index in [1.54, 1.807) is 36.4 Å². The second-order valence-corrected chi connectivity index (χ2v) is 10.8. The van der Waals surface area contributed by atoms with Crippen LogP contribution in [0.15, 0.2) is 42.5 Å². The molecule has 1 N–H and O–H groups in total. The van der Waals surface area contributed by atoms with Crippen molar-refractivity contribution in [2.45, 2.75) is 70.4 Å². The van der Waals surface area contributed by atoms with E-state index in [9.17, 15) is 9.59 Å². The maximum absolute atomic E-state index is 15.4. The van der Waals surface area contributed by atoms with Crippen molar-refractivity contribution in [2.24, 2.45) is 11.8 Å². The number of hydrogen-bond acceptors (Lipinski definition) is 3. The Bertz CT molecular complexity index is 1050. The molecule has 33 heavy (non-hydrogen) atoms. The Balaban J connectivity index is 1.57. The molecule has 2 bridgehead atoms. The molecule has 4 nitrogen and oxygen atoms in total. The van der Waals surface area contributed by atoms with Crippen molar-refractivity contribution in [2.75, 3.05) is 0 Å². The third-order valence-electron chi connectivity index (χ3n) is 6.98. The number of ether oxygens (including phenoxy) is 1. The minimum absolute atomic E-state index is 0.0146. The fourth-order valence-corrected chi connectivity index (χ4v) is 5.65. The molecule has 3 aliphatic carbocycles. The standard InChI is InChI=1S/C27H31ClFNO3/c1-26(2,3)33-25(32)30-27-13-11-17(12-14-27)15-21(27)23(31)16-18-7-6-9-20(24(18)29)19-8-4-5-10-22(19)28/h4-10,17,21H,11-16H2,1-3H3,(H,30,32). The van der Waals surface area contributed by atoms with E-state index in [2.05, 4.69) is 5.32 Å². The first kappa shape index (κ1) is 23.7. The van der Waals surface area contributed by atoms with Gasteiger partial charge in [0, 0.05) is 28.5 Å². The second kappa shape index (κ2) is 9.09. The van der Waals surface area contributed by atoms with Crippen LogP contribution in [0.5, 0.6) is 0 Å². The summed E-state index contributed by atoms with van der Waals surface area (Å²) >= 11 is 6.28. The summed E-state index contributed by atoms with van der Waals surface area (Å²) in [5, 5.41) is 3.52. The number of Topliss-reactive ketones (excluding diaryl/α,β-unsaturated/α-hetero) is 1. The van der Waals surface area contributed by atoms with Gasteiger partial charge < -0.3 is 10.1 Å². The second-order valence-electron chi connectivity index (χ2n) is 10.4. The van der Waals surface area contributed by atoms with Crippen molar-refractivity contribution in [3.8, 4) is 11.1 Å². The first-order chi connectivity index (χ1) is 15.6. The minimum atomic E-state index is -0.620. The van der Waals surface area contributed by atoms with Crippen molar-refractivity contribution >= 4 is 23.5 Å². The Morgan fingerprint density at radius 3 is 2.42 bits per heavy atom. The zero-order valence-electron chi connectivity index (χ0n) is 19.4. The zero-order valence-corrected chi connectivity index (χ0v) is 20.2. The Morgan fingerprint density at radius 2 is 1.76 bits per heavy atom. The summed E-state index contributed by atoms with van der Waals surface area (Å²) in [4.78, 5) is 26.1. The number of carbonyl (C=O) groups is 2. The van der Waals surface area contributed by atoms with Crippen LogP contribution in [-0.2, 0) is 16.0 Å². The van der Waals surface area contributed by atoms with Gasteiger partial charge in [-0.05, 0) is 70.4 Å². The Hall–Kier alpha value is -2.40. The molecule has 1 amide bonds. The molecule has 2 aromatic rings. The predicted molar refractivity (Wildman–Crippen MR) is 128 cm³/mol. The van der Waals surface area contributed by atoms with Gasteiger partial charge in [-0.25, -0.2) is 9.18 Å². The van der Waals surface area contributed by atoms with Crippen molar-refractivity contribution in [1.29, 1.82) is 0 Å². The fourth-order valence-electron chi connectivity index (χ4n) is 5.41. The number of ketones is 1. The van der Waals surface area contributed by atoms with Gasteiger partial charge in [0.2, 0.25) is 0 Å². The molecule has 6 heteroatoms. The van der Waals surface area contributed by atoms with Gasteiger partial charge in [0.25, 0.3) is 0 Å². The number of fused-ring (bicyclic) bond motifs is 3. The Kier molecular flexibility index (Phi) is 6.54. The maximum Gasteiger partial charge on any atom is 0.408 e. The number of benzene rings is 2. The van der Waals surface area contributed by atoms with Gasteiger partial charge in [-0.1, -0.05) is 48.0 Å². The lowest BCUT2D eigenvalue weighted by atomic mass is 9.58. The average molecular weight is 472 g/mol. The van der Waals surface area contributed by atoms with E-state index in [-0.39, 0.29) is 18.1 Å². The summed E-state index contributed by atoms with van der Waals surface area (Å²) < 4.78 is 20.9. The van der Waals surface area contributed by atoms with E-state index in [0.29, 0.717) is 27.6 Å². The highest BCUT2D eigenvalue weighted by atomic mass is 35.5. The van der Waals surface area contributed by atoms with E-state index >= 15 is 4.39 Å². The third kappa shape index (κ3) is 5.08. The molecular formula is C27H31ClFNO3. The van der Waals surface area contributed by atoms with Crippen molar-refractivity contribution < 1.29 is 18.7 Å². The number of halogens is 2. The highest BCUT2D eigenvalue weighted by molar-refractivity contribution is 6.33. The fraction of sp³-hybridized carbons (Fsp3) is 0.481. The first-order valence-corrected chi connectivity index (χ1v) is 12.0. The molecular weight excluding hydrogens is 441 g/mol. The lowest BCUT2D eigenvalue weighted by molar-refractivity contribution is -0.129. The zero-order chi connectivity index (χ0) is 23.8. The molecule has 3 aliphatic rings. The smallest absolute Gasteiger partial charge is 0.408 e. The molecule has 176 valence electrons. The normalized spacial score (nSPS) is 24.4. The molecule has 1 unspecified atom stereocenters. The van der Waals surface area contributed by atoms with Crippen LogP contribution in [0.25, 0.3) is 11.1 Å². The lowest BCUT2D eigenvalue weighted by Gasteiger charge is -2.51. The molecule has 0 radical (unpaired) electrons. The van der Waals surface area contributed by atoms with E-state index in [4.69, 9.17) is 16.3 Å². The average Bonchev–Trinajstić information content (AvgIpc) is 2.75. The molecule has 0 saturated heterocycles. The number of alkyl carbamates (subject to hydrolysis) is 1. The van der Waals surface area contributed by atoms with Crippen LogP contribution >= 0.6 is 11.6 Å². The summed E-state index contributed by atoms with van der Waals surface area (Å²) in [6.45, 7) is 5.46. The van der Waals surface area contributed by atoms with E-state index in [1.165, 1.54) is 0 Å². The predicted octanol–water partition coefficient (Wildman–Crippen LogP) is 6.73. The van der Waals surface area contributed by atoms with Crippen LogP contribution in [0, 0.1) is 17.7 Å². The SMILES string of the molecule is CC(C)(C)OC(=O)NC12CCC(CC1)CC2C(=O)Cc1cccc(-c2ccccc2Cl)c1F. The molecule has 0 heterocycles. The monoisotopic (exact) mass is 471 g/mol. The van der Waals surface area contributed by atoms with Crippen LogP contribution in [0.4, 0.5) is 9.18 Å². The quantitative estimate of drug-likeness (QED) is 0.525. The minimum Gasteiger partial charge on any atom is -0.444 e. The number of hydrogen-bond donors (Lipinski definition) is 1.